The largest absolute Gasteiger partial charge is 0.467 e. The Bertz CT molecular complexity index is 1000. The second-order valence-electron chi connectivity index (χ2n) is 7.64. The molecule has 0 saturated carbocycles. The summed E-state index contributed by atoms with van der Waals surface area (Å²) in [4.78, 5) is 40.6. The Morgan fingerprint density at radius 1 is 1.19 bits per heavy atom. The van der Waals surface area contributed by atoms with Crippen molar-refractivity contribution < 1.29 is 18.8 Å². The molecule has 4 atom stereocenters. The van der Waals surface area contributed by atoms with Crippen LogP contribution in [0.1, 0.15) is 17.5 Å². The zero-order valence-corrected chi connectivity index (χ0v) is 19.2. The van der Waals surface area contributed by atoms with Crippen LogP contribution in [-0.2, 0) is 16.1 Å². The summed E-state index contributed by atoms with van der Waals surface area (Å²) >= 11 is 7.72. The van der Waals surface area contributed by atoms with Crippen molar-refractivity contribution in [1.82, 2.24) is 25.8 Å². The Balaban J connectivity index is 1.51. The van der Waals surface area contributed by atoms with Crippen LogP contribution in [0.3, 0.4) is 0 Å². The zero-order chi connectivity index (χ0) is 22.8. The summed E-state index contributed by atoms with van der Waals surface area (Å²) in [6.45, 7) is 0.291. The van der Waals surface area contributed by atoms with Gasteiger partial charge in [0.25, 0.3) is 0 Å². The minimum absolute atomic E-state index is 0.130. The highest BCUT2D eigenvalue weighted by Gasteiger charge is 2.51. The molecule has 9 nitrogen and oxygen atoms in total. The van der Waals surface area contributed by atoms with Gasteiger partial charge in [-0.25, -0.2) is 4.79 Å². The first-order valence-corrected chi connectivity index (χ1v) is 11.5. The third-order valence-electron chi connectivity index (χ3n) is 5.61. The third-order valence-corrected chi connectivity index (χ3v) is 7.17. The maximum atomic E-state index is 13.0. The van der Waals surface area contributed by atoms with E-state index in [2.05, 4.69) is 16.0 Å². The predicted molar refractivity (Wildman–Crippen MR) is 120 cm³/mol. The van der Waals surface area contributed by atoms with Crippen LogP contribution < -0.4 is 16.0 Å². The van der Waals surface area contributed by atoms with Gasteiger partial charge in [-0.1, -0.05) is 29.8 Å². The first-order chi connectivity index (χ1) is 15.4. The molecule has 0 bridgehead atoms. The molecule has 3 N–H and O–H groups in total. The van der Waals surface area contributed by atoms with Crippen LogP contribution in [0.25, 0.3) is 0 Å². The highest BCUT2D eigenvalue weighted by Crippen LogP contribution is 2.35. The lowest BCUT2D eigenvalue weighted by atomic mass is 9.96. The third kappa shape index (κ3) is 4.49. The Hall–Kier alpha value is -2.53. The maximum Gasteiger partial charge on any atom is 0.327 e. The maximum absolute atomic E-state index is 13.0. The van der Waals surface area contributed by atoms with E-state index in [9.17, 15) is 14.4 Å². The molecule has 4 rings (SSSR count). The van der Waals surface area contributed by atoms with E-state index in [-0.39, 0.29) is 23.6 Å². The number of rotatable bonds is 6. The smallest absolute Gasteiger partial charge is 0.327 e. The fourth-order valence-corrected chi connectivity index (χ4v) is 5.29. The first-order valence-electron chi connectivity index (χ1n) is 10.1. The second-order valence-corrected chi connectivity index (χ2v) is 9.17. The van der Waals surface area contributed by atoms with Gasteiger partial charge in [0.2, 0.25) is 11.8 Å². The average molecular weight is 478 g/mol. The molecule has 2 saturated heterocycles. The molecule has 32 heavy (non-hydrogen) atoms. The molecule has 0 aliphatic carbocycles. The van der Waals surface area contributed by atoms with Crippen molar-refractivity contribution >= 4 is 41.2 Å². The van der Waals surface area contributed by atoms with E-state index < -0.39 is 23.6 Å². The zero-order valence-electron chi connectivity index (χ0n) is 17.6. The predicted octanol–water partition coefficient (Wildman–Crippen LogP) is 1.97. The van der Waals surface area contributed by atoms with Gasteiger partial charge in [-0.2, -0.15) is 0 Å². The van der Waals surface area contributed by atoms with Crippen molar-refractivity contribution in [2.24, 2.45) is 5.92 Å². The highest BCUT2D eigenvalue weighted by molar-refractivity contribution is 8.00. The molecule has 1 aromatic carbocycles. The van der Waals surface area contributed by atoms with Gasteiger partial charge >= 0.3 is 6.03 Å². The minimum Gasteiger partial charge on any atom is -0.467 e. The average Bonchev–Trinajstić information content (AvgIpc) is 3.32. The van der Waals surface area contributed by atoms with Gasteiger partial charge in [-0.3, -0.25) is 25.1 Å². The number of hydrogen-bond acceptors (Lipinski definition) is 7. The summed E-state index contributed by atoms with van der Waals surface area (Å²) in [5, 5.41) is 9.68. The number of halogens is 1. The monoisotopic (exact) mass is 477 g/mol. The van der Waals surface area contributed by atoms with E-state index in [0.717, 1.165) is 10.5 Å². The Morgan fingerprint density at radius 2 is 1.97 bits per heavy atom. The molecule has 2 aliphatic rings. The number of amides is 4. The molecular weight excluding hydrogens is 454 g/mol. The number of carbonyl (C=O) groups is 3. The Labute approximate surface area is 194 Å². The van der Waals surface area contributed by atoms with Gasteiger partial charge in [0.05, 0.1) is 42.2 Å². The van der Waals surface area contributed by atoms with E-state index >= 15 is 0 Å². The SMILES string of the molecule is CN1C(=O)C2C(SCC(=O)NCc3ccco3)NC(c3ccccc3Cl)NC2N(C)C1=O. The molecule has 2 fully saturated rings. The number of nitrogens with zero attached hydrogens (tertiary/aromatic N) is 2. The summed E-state index contributed by atoms with van der Waals surface area (Å²) in [6, 6.07) is 10.5. The van der Waals surface area contributed by atoms with Crippen molar-refractivity contribution in [2.75, 3.05) is 19.8 Å². The van der Waals surface area contributed by atoms with Crippen LogP contribution in [0.2, 0.25) is 5.02 Å². The Kier molecular flexibility index (Phi) is 6.75. The number of urea groups is 1. The normalized spacial score (nSPS) is 25.6. The summed E-state index contributed by atoms with van der Waals surface area (Å²) in [7, 11) is 3.12. The van der Waals surface area contributed by atoms with Crippen molar-refractivity contribution in [3.05, 3.63) is 59.0 Å². The van der Waals surface area contributed by atoms with E-state index in [1.807, 2.05) is 18.2 Å². The molecular formula is C21H24ClN5O4S. The molecule has 3 heterocycles. The Morgan fingerprint density at radius 3 is 2.69 bits per heavy atom. The van der Waals surface area contributed by atoms with Crippen molar-refractivity contribution in [3.8, 4) is 0 Å². The molecule has 2 aromatic rings. The first kappa shape index (κ1) is 22.7. The number of carbonyl (C=O) groups excluding carboxylic acids is 3. The van der Waals surface area contributed by atoms with E-state index in [0.29, 0.717) is 17.3 Å². The van der Waals surface area contributed by atoms with Crippen LogP contribution >= 0.6 is 23.4 Å². The molecule has 1 aromatic heterocycles. The fourth-order valence-electron chi connectivity index (χ4n) is 3.90. The molecule has 4 amide bonds. The van der Waals surface area contributed by atoms with Crippen LogP contribution in [0.5, 0.6) is 0 Å². The number of hydrogen-bond donors (Lipinski definition) is 3. The molecule has 0 radical (unpaired) electrons. The number of benzene rings is 1. The topological polar surface area (TPSA) is 107 Å². The summed E-state index contributed by atoms with van der Waals surface area (Å²) in [6.07, 6.45) is 0.602. The van der Waals surface area contributed by atoms with Gasteiger partial charge in [-0.15, -0.1) is 11.8 Å². The lowest BCUT2D eigenvalue weighted by Crippen LogP contribution is -2.72. The number of furan rings is 1. The fraction of sp³-hybridized carbons (Fsp3) is 0.381. The summed E-state index contributed by atoms with van der Waals surface area (Å²) < 4.78 is 5.23. The van der Waals surface area contributed by atoms with Crippen molar-refractivity contribution in [1.29, 1.82) is 0 Å². The van der Waals surface area contributed by atoms with Crippen molar-refractivity contribution in [3.63, 3.8) is 0 Å². The van der Waals surface area contributed by atoms with Crippen LogP contribution in [0.4, 0.5) is 4.79 Å². The molecule has 0 spiro atoms. The van der Waals surface area contributed by atoms with Gasteiger partial charge in [0.15, 0.2) is 0 Å². The van der Waals surface area contributed by atoms with E-state index in [1.54, 1.807) is 31.5 Å². The van der Waals surface area contributed by atoms with Crippen LogP contribution in [-0.4, -0.2) is 59.0 Å². The van der Waals surface area contributed by atoms with E-state index in [1.165, 1.54) is 23.7 Å². The van der Waals surface area contributed by atoms with Gasteiger partial charge in [0.1, 0.15) is 5.76 Å². The molecule has 4 unspecified atom stereocenters. The number of imide groups is 1. The number of nitrogens with one attached hydrogen (secondary N) is 3. The van der Waals surface area contributed by atoms with Crippen LogP contribution in [0.15, 0.2) is 47.1 Å². The van der Waals surface area contributed by atoms with Gasteiger partial charge in [-0.05, 0) is 18.2 Å². The second kappa shape index (κ2) is 9.53. The molecule has 2 aliphatic heterocycles. The molecule has 11 heteroatoms. The molecule has 170 valence electrons. The number of fused-ring (bicyclic) bond motifs is 1. The minimum atomic E-state index is -0.579. The lowest BCUT2D eigenvalue weighted by Gasteiger charge is -2.50. The van der Waals surface area contributed by atoms with Crippen LogP contribution in [0, 0.1) is 5.92 Å². The van der Waals surface area contributed by atoms with E-state index in [4.69, 9.17) is 16.0 Å². The lowest BCUT2D eigenvalue weighted by molar-refractivity contribution is -0.140. The van der Waals surface area contributed by atoms with Crippen molar-refractivity contribution in [2.45, 2.75) is 24.3 Å². The highest BCUT2D eigenvalue weighted by atomic mass is 35.5. The summed E-state index contributed by atoms with van der Waals surface area (Å²) in [5.41, 5.74) is 0.799. The van der Waals surface area contributed by atoms with Gasteiger partial charge < -0.3 is 14.6 Å². The quantitative estimate of drug-likeness (QED) is 0.584. The van der Waals surface area contributed by atoms with Gasteiger partial charge in [0, 0.05) is 24.7 Å². The summed E-state index contributed by atoms with van der Waals surface area (Å²) in [5.74, 6) is -0.274. The number of thioether (sulfide) groups is 1. The standard InChI is InChI=1S/C21H24ClN5O4S/c1-26-18-16(20(29)27(2)21(26)30)19(25-17(24-18)13-7-3-4-8-14(13)22)32-11-15(28)23-10-12-6-5-9-31-12/h3-9,16-19,24-25H,10-11H2,1-2H3,(H,23,28).